The van der Waals surface area contributed by atoms with Gasteiger partial charge in [-0.2, -0.15) is 0 Å². The van der Waals surface area contributed by atoms with Crippen molar-refractivity contribution in [3.8, 4) is 0 Å². The van der Waals surface area contributed by atoms with Crippen LogP contribution in [0, 0.1) is 5.92 Å². The minimum absolute atomic E-state index is 0.0107. The van der Waals surface area contributed by atoms with Gasteiger partial charge in [0.05, 0.1) is 7.11 Å². The molecule has 0 heterocycles. The van der Waals surface area contributed by atoms with Crippen LogP contribution in [-0.2, 0) is 18.8 Å². The topological polar surface area (TPSA) is 52.6 Å². The van der Waals surface area contributed by atoms with Crippen molar-refractivity contribution < 1.29 is 18.8 Å². The van der Waals surface area contributed by atoms with E-state index in [9.17, 15) is 9.59 Å². The first kappa shape index (κ1) is 18.3. The molecule has 0 radical (unpaired) electrons. The van der Waals surface area contributed by atoms with Crippen molar-refractivity contribution in [2.75, 3.05) is 7.11 Å². The molecule has 0 saturated carbocycles. The number of rotatable bonds is 6. The number of carbonyl (C=O) groups is 2. The molecule has 0 aliphatic carbocycles. The second-order valence-corrected chi connectivity index (χ2v) is 11.5. The third kappa shape index (κ3) is 4.14. The number of hydrogen-bond acceptors (Lipinski definition) is 4. The fourth-order valence-electron chi connectivity index (χ4n) is 1.60. The highest BCUT2D eigenvalue weighted by atomic mass is 28.4. The molecule has 0 aromatic heterocycles. The maximum atomic E-state index is 12.1. The highest BCUT2D eigenvalue weighted by Crippen LogP contribution is 2.41. The summed E-state index contributed by atoms with van der Waals surface area (Å²) >= 11 is 0. The van der Waals surface area contributed by atoms with Crippen molar-refractivity contribution in [3.63, 3.8) is 0 Å². The van der Waals surface area contributed by atoms with Crippen LogP contribution in [0.3, 0.4) is 0 Å². The van der Waals surface area contributed by atoms with Gasteiger partial charge in [-0.05, 0) is 25.1 Å². The highest BCUT2D eigenvalue weighted by molar-refractivity contribution is 6.74. The number of esters is 1. The molecule has 0 aliphatic heterocycles. The maximum absolute atomic E-state index is 12.1. The molecule has 0 aromatic rings. The van der Waals surface area contributed by atoms with Crippen LogP contribution < -0.4 is 0 Å². The maximum Gasteiger partial charge on any atom is 0.336 e. The number of hydrogen-bond donors (Lipinski definition) is 0. The van der Waals surface area contributed by atoms with Gasteiger partial charge in [0.1, 0.15) is 6.29 Å². The van der Waals surface area contributed by atoms with Gasteiger partial charge >= 0.3 is 5.97 Å². The lowest BCUT2D eigenvalue weighted by atomic mass is 9.89. The van der Waals surface area contributed by atoms with E-state index < -0.39 is 19.9 Å². The van der Waals surface area contributed by atoms with Crippen LogP contribution in [0.1, 0.15) is 41.0 Å². The van der Waals surface area contributed by atoms with Gasteiger partial charge in [-0.15, -0.1) is 0 Å². The Balaban J connectivity index is 5.40. The summed E-state index contributed by atoms with van der Waals surface area (Å²) in [5.74, 6) is -0.627. The summed E-state index contributed by atoms with van der Waals surface area (Å²) in [5, 5.41) is -0.0107. The Morgan fingerprint density at radius 1 is 1.26 bits per heavy atom. The highest BCUT2D eigenvalue weighted by Gasteiger charge is 2.49. The van der Waals surface area contributed by atoms with E-state index in [0.29, 0.717) is 0 Å². The Morgan fingerprint density at radius 3 is 2.05 bits per heavy atom. The first-order chi connectivity index (χ1) is 8.42. The minimum Gasteiger partial charge on any atom is -0.467 e. The molecular weight excluding hydrogens is 260 g/mol. The average Bonchev–Trinajstić information content (AvgIpc) is 2.25. The normalized spacial score (nSPS) is 17.5. The summed E-state index contributed by atoms with van der Waals surface area (Å²) in [5.41, 5.74) is -1.07. The number of aldehydes is 1. The SMILES string of the molecule is COC(=O)[C@](C)(O[Si](C)(C)C(C)(C)C)[C@H](C)CC=O. The summed E-state index contributed by atoms with van der Waals surface area (Å²) < 4.78 is 11.1. The third-order valence-electron chi connectivity index (χ3n) is 4.25. The van der Waals surface area contributed by atoms with E-state index in [1.165, 1.54) is 7.11 Å². The smallest absolute Gasteiger partial charge is 0.336 e. The van der Waals surface area contributed by atoms with Crippen LogP contribution in [0.15, 0.2) is 0 Å². The van der Waals surface area contributed by atoms with Crippen LogP contribution in [0.4, 0.5) is 0 Å². The molecule has 112 valence electrons. The Labute approximate surface area is 118 Å². The number of methoxy groups -OCH3 is 1. The quantitative estimate of drug-likeness (QED) is 0.428. The van der Waals surface area contributed by atoms with Crippen molar-refractivity contribution in [2.24, 2.45) is 5.92 Å². The standard InChI is InChI=1S/C14H28O4Si/c1-11(9-10-15)14(5,12(16)17-6)18-19(7,8)13(2,3)4/h10-11H,9H2,1-8H3/t11-,14-/m1/s1. The van der Waals surface area contributed by atoms with Crippen molar-refractivity contribution in [1.29, 1.82) is 0 Å². The monoisotopic (exact) mass is 288 g/mol. The molecule has 0 spiro atoms. The van der Waals surface area contributed by atoms with E-state index in [-0.39, 0.29) is 17.4 Å². The first-order valence-corrected chi connectivity index (χ1v) is 9.55. The predicted octanol–water partition coefficient (Wildman–Crippen LogP) is 3.17. The van der Waals surface area contributed by atoms with Crippen LogP contribution in [-0.4, -0.2) is 33.3 Å². The molecule has 0 fully saturated rings. The first-order valence-electron chi connectivity index (χ1n) is 6.64. The van der Waals surface area contributed by atoms with E-state index >= 15 is 0 Å². The largest absolute Gasteiger partial charge is 0.467 e. The molecular formula is C14H28O4Si. The molecule has 0 N–H and O–H groups in total. The van der Waals surface area contributed by atoms with Gasteiger partial charge in [-0.3, -0.25) is 0 Å². The zero-order valence-corrected chi connectivity index (χ0v) is 14.5. The van der Waals surface area contributed by atoms with Gasteiger partial charge in [0.15, 0.2) is 13.9 Å². The Morgan fingerprint density at radius 2 is 1.74 bits per heavy atom. The lowest BCUT2D eigenvalue weighted by Crippen LogP contribution is -2.55. The fourth-order valence-corrected chi connectivity index (χ4v) is 3.25. The van der Waals surface area contributed by atoms with Crippen LogP contribution >= 0.6 is 0 Å². The van der Waals surface area contributed by atoms with Crippen LogP contribution in [0.25, 0.3) is 0 Å². The second-order valence-electron chi connectivity index (χ2n) is 6.76. The van der Waals surface area contributed by atoms with E-state index in [4.69, 9.17) is 9.16 Å². The summed E-state index contributed by atoms with van der Waals surface area (Å²) in [6.45, 7) is 14.1. The average molecular weight is 288 g/mol. The van der Waals surface area contributed by atoms with Crippen molar-refractivity contribution >= 4 is 20.6 Å². The van der Waals surface area contributed by atoms with Crippen LogP contribution in [0.2, 0.25) is 18.1 Å². The van der Waals surface area contributed by atoms with E-state index in [1.54, 1.807) is 6.92 Å². The molecule has 0 saturated heterocycles. The second kappa shape index (κ2) is 6.18. The summed E-state index contributed by atoms with van der Waals surface area (Å²) in [6.07, 6.45) is 1.10. The van der Waals surface area contributed by atoms with Gasteiger partial charge < -0.3 is 14.0 Å². The molecule has 5 heteroatoms. The molecule has 0 aromatic carbocycles. The number of carbonyl (C=O) groups excluding carboxylic acids is 2. The van der Waals surface area contributed by atoms with Gasteiger partial charge in [0.2, 0.25) is 0 Å². The zero-order chi connectivity index (χ0) is 15.5. The van der Waals surface area contributed by atoms with Crippen molar-refractivity contribution in [1.82, 2.24) is 0 Å². The molecule has 19 heavy (non-hydrogen) atoms. The molecule has 0 bridgehead atoms. The van der Waals surface area contributed by atoms with Gasteiger partial charge in [-0.25, -0.2) is 4.79 Å². The Kier molecular flexibility index (Phi) is 5.96. The molecule has 0 amide bonds. The van der Waals surface area contributed by atoms with Gasteiger partial charge in [0.25, 0.3) is 0 Å². The Hall–Kier alpha value is -0.683. The number of ether oxygens (including phenoxy) is 1. The third-order valence-corrected chi connectivity index (χ3v) is 8.80. The lowest BCUT2D eigenvalue weighted by molar-refractivity contribution is -0.163. The molecule has 0 unspecified atom stereocenters. The molecule has 2 atom stereocenters. The minimum atomic E-state index is -2.13. The van der Waals surface area contributed by atoms with E-state index in [2.05, 4.69) is 33.9 Å². The molecule has 0 rings (SSSR count). The lowest BCUT2D eigenvalue weighted by Gasteiger charge is -2.44. The fraction of sp³-hybridized carbons (Fsp3) is 0.857. The van der Waals surface area contributed by atoms with E-state index in [1.807, 2.05) is 6.92 Å². The van der Waals surface area contributed by atoms with Gasteiger partial charge in [-0.1, -0.05) is 27.7 Å². The van der Waals surface area contributed by atoms with Crippen LogP contribution in [0.5, 0.6) is 0 Å². The Bertz CT molecular complexity index is 333. The van der Waals surface area contributed by atoms with Crippen molar-refractivity contribution in [2.45, 2.75) is 64.8 Å². The molecule has 4 nitrogen and oxygen atoms in total. The van der Waals surface area contributed by atoms with Gasteiger partial charge in [0, 0.05) is 12.3 Å². The summed E-state index contributed by atoms with van der Waals surface area (Å²) in [7, 11) is -0.778. The summed E-state index contributed by atoms with van der Waals surface area (Å²) in [4.78, 5) is 22.9. The zero-order valence-electron chi connectivity index (χ0n) is 13.5. The molecule has 0 aliphatic rings. The van der Waals surface area contributed by atoms with E-state index in [0.717, 1.165) is 6.29 Å². The predicted molar refractivity (Wildman–Crippen MR) is 78.5 cm³/mol. The summed E-state index contributed by atoms with van der Waals surface area (Å²) in [6, 6.07) is 0. The van der Waals surface area contributed by atoms with Crippen molar-refractivity contribution in [3.05, 3.63) is 0 Å².